The second-order valence-corrected chi connectivity index (χ2v) is 10.1. The Labute approximate surface area is 210 Å². The third-order valence-electron chi connectivity index (χ3n) is 7.03. The maximum atomic E-state index is 13.1. The summed E-state index contributed by atoms with van der Waals surface area (Å²) in [5.74, 6) is -0.744. The summed E-state index contributed by atoms with van der Waals surface area (Å²) >= 11 is 1.58. The van der Waals surface area contributed by atoms with Gasteiger partial charge >= 0.3 is 12.1 Å². The van der Waals surface area contributed by atoms with Crippen LogP contribution in [0.5, 0.6) is 0 Å². The number of carbonyl (C=O) groups excluding carboxylic acids is 2. The van der Waals surface area contributed by atoms with Crippen molar-refractivity contribution in [1.29, 1.82) is 0 Å². The fraction of sp³-hybridized carbons (Fsp3) is 0.444. The topological polar surface area (TPSA) is 95.9 Å². The van der Waals surface area contributed by atoms with Gasteiger partial charge in [0.1, 0.15) is 13.2 Å². The molecule has 0 saturated heterocycles. The molecular weight excluding hydrogens is 464 g/mol. The van der Waals surface area contributed by atoms with Crippen LogP contribution in [0.1, 0.15) is 36.3 Å². The monoisotopic (exact) mass is 496 g/mol. The normalized spacial score (nSPS) is 18.5. The molecule has 2 aliphatic rings. The molecule has 2 N–H and O–H groups in total. The van der Waals surface area contributed by atoms with Gasteiger partial charge in [-0.1, -0.05) is 55.0 Å². The molecule has 35 heavy (non-hydrogen) atoms. The number of amides is 2. The molecule has 0 aliphatic heterocycles. The highest BCUT2D eigenvalue weighted by molar-refractivity contribution is 7.98. The fourth-order valence-corrected chi connectivity index (χ4v) is 5.74. The first kappa shape index (κ1) is 25.1. The van der Waals surface area contributed by atoms with E-state index in [1.807, 2.05) is 30.5 Å². The number of nitrogens with zero attached hydrogens (tertiary/aromatic N) is 1. The van der Waals surface area contributed by atoms with Crippen LogP contribution in [-0.2, 0) is 14.3 Å². The summed E-state index contributed by atoms with van der Waals surface area (Å²) in [6, 6.07) is 16.4. The Morgan fingerprint density at radius 3 is 2.34 bits per heavy atom. The van der Waals surface area contributed by atoms with Gasteiger partial charge in [-0.2, -0.15) is 11.8 Å². The molecule has 2 aromatic rings. The molecule has 0 aromatic heterocycles. The summed E-state index contributed by atoms with van der Waals surface area (Å²) in [6.07, 6.45) is 3.86. The standard InChI is InChI=1S/C27H32N2O5S/c1-35-14-13-29(16-25(30)31)26(32)19-12-6-7-18(19)15-28-27(33)34-17-24-22-10-4-2-8-20(22)21-9-3-5-11-23(21)24/h2-5,8-11,18-19,24H,6-7,12-17H2,1H3,(H,28,33)(H,30,31)/t18-,19-/m0/s1. The Balaban J connectivity index is 1.32. The van der Waals surface area contributed by atoms with Crippen molar-refractivity contribution in [2.24, 2.45) is 11.8 Å². The molecule has 1 saturated carbocycles. The number of rotatable bonds is 10. The molecule has 2 amide bonds. The van der Waals surface area contributed by atoms with Gasteiger partial charge in [0, 0.05) is 30.7 Å². The highest BCUT2D eigenvalue weighted by Gasteiger charge is 2.36. The first-order valence-electron chi connectivity index (χ1n) is 12.1. The maximum absolute atomic E-state index is 13.1. The first-order chi connectivity index (χ1) is 17.0. The minimum absolute atomic E-state index is 0.00466. The van der Waals surface area contributed by atoms with Crippen molar-refractivity contribution in [3.8, 4) is 11.1 Å². The van der Waals surface area contributed by atoms with Gasteiger partial charge in [0.25, 0.3) is 0 Å². The van der Waals surface area contributed by atoms with Crippen LogP contribution in [0.15, 0.2) is 48.5 Å². The lowest BCUT2D eigenvalue weighted by molar-refractivity contribution is -0.146. The predicted octanol–water partition coefficient (Wildman–Crippen LogP) is 4.22. The summed E-state index contributed by atoms with van der Waals surface area (Å²) in [6.45, 7) is 0.711. The zero-order valence-electron chi connectivity index (χ0n) is 19.9. The molecule has 186 valence electrons. The van der Waals surface area contributed by atoms with Gasteiger partial charge in [-0.3, -0.25) is 9.59 Å². The molecule has 0 unspecified atom stereocenters. The molecule has 7 nitrogen and oxygen atoms in total. The quantitative estimate of drug-likeness (QED) is 0.511. The van der Waals surface area contributed by atoms with E-state index in [1.54, 1.807) is 11.8 Å². The van der Waals surface area contributed by atoms with Crippen LogP contribution in [0.4, 0.5) is 4.79 Å². The summed E-state index contributed by atoms with van der Waals surface area (Å²) in [5.41, 5.74) is 4.67. The van der Waals surface area contributed by atoms with Gasteiger partial charge < -0.3 is 20.1 Å². The van der Waals surface area contributed by atoms with Crippen molar-refractivity contribution in [3.05, 3.63) is 59.7 Å². The van der Waals surface area contributed by atoms with E-state index in [4.69, 9.17) is 4.74 Å². The Morgan fingerprint density at radius 2 is 1.71 bits per heavy atom. The van der Waals surface area contributed by atoms with E-state index in [1.165, 1.54) is 16.0 Å². The number of carbonyl (C=O) groups is 3. The number of hydrogen-bond acceptors (Lipinski definition) is 5. The molecule has 8 heteroatoms. The van der Waals surface area contributed by atoms with Crippen molar-refractivity contribution < 1.29 is 24.2 Å². The molecule has 2 aromatic carbocycles. The van der Waals surface area contributed by atoms with E-state index >= 15 is 0 Å². The number of thioether (sulfide) groups is 1. The fourth-order valence-electron chi connectivity index (χ4n) is 5.34. The number of nitrogens with one attached hydrogen (secondary N) is 1. The third-order valence-corrected chi connectivity index (χ3v) is 7.62. The van der Waals surface area contributed by atoms with Gasteiger partial charge in [0.2, 0.25) is 5.91 Å². The second-order valence-electron chi connectivity index (χ2n) is 9.15. The molecule has 2 aliphatic carbocycles. The number of aliphatic carboxylic acids is 1. The zero-order chi connectivity index (χ0) is 24.8. The first-order valence-corrected chi connectivity index (χ1v) is 13.5. The highest BCUT2D eigenvalue weighted by atomic mass is 32.2. The Morgan fingerprint density at radius 1 is 1.06 bits per heavy atom. The molecule has 0 spiro atoms. The molecule has 0 heterocycles. The Hall–Kier alpha value is -3.00. The van der Waals surface area contributed by atoms with Crippen molar-refractivity contribution in [2.45, 2.75) is 25.2 Å². The minimum Gasteiger partial charge on any atom is -0.480 e. The maximum Gasteiger partial charge on any atom is 0.407 e. The van der Waals surface area contributed by atoms with Gasteiger partial charge in [-0.25, -0.2) is 4.79 Å². The van der Waals surface area contributed by atoms with Crippen molar-refractivity contribution in [1.82, 2.24) is 10.2 Å². The van der Waals surface area contributed by atoms with E-state index in [9.17, 15) is 19.5 Å². The van der Waals surface area contributed by atoms with Crippen molar-refractivity contribution in [2.75, 3.05) is 38.2 Å². The molecule has 0 bridgehead atoms. The number of carboxylic acid groups (broad SMARTS) is 1. The third kappa shape index (κ3) is 5.81. The largest absolute Gasteiger partial charge is 0.480 e. The minimum atomic E-state index is -1.01. The van der Waals surface area contributed by atoms with E-state index < -0.39 is 12.1 Å². The van der Waals surface area contributed by atoms with Crippen LogP contribution in [0.25, 0.3) is 11.1 Å². The Bertz CT molecular complexity index is 1030. The average Bonchev–Trinajstić information content (AvgIpc) is 3.46. The number of carboxylic acids is 1. The number of ether oxygens (including phenoxy) is 1. The highest BCUT2D eigenvalue weighted by Crippen LogP contribution is 2.44. The summed E-state index contributed by atoms with van der Waals surface area (Å²) < 4.78 is 5.62. The average molecular weight is 497 g/mol. The van der Waals surface area contributed by atoms with Gasteiger partial charge in [0.05, 0.1) is 0 Å². The molecule has 0 radical (unpaired) electrons. The lowest BCUT2D eigenvalue weighted by Crippen LogP contribution is -2.43. The summed E-state index contributed by atoms with van der Waals surface area (Å²) in [5, 5.41) is 12.1. The van der Waals surface area contributed by atoms with E-state index in [2.05, 4.69) is 29.6 Å². The second kappa shape index (κ2) is 11.6. The van der Waals surface area contributed by atoms with Crippen molar-refractivity contribution in [3.63, 3.8) is 0 Å². The van der Waals surface area contributed by atoms with Crippen LogP contribution >= 0.6 is 11.8 Å². The number of benzene rings is 2. The molecule has 4 rings (SSSR count). The molecule has 1 fully saturated rings. The SMILES string of the molecule is CSCCN(CC(=O)O)C(=O)[C@H]1CCC[C@H]1CNC(=O)OCC1c2ccccc2-c2ccccc21. The van der Waals surface area contributed by atoms with Gasteiger partial charge in [-0.05, 0) is 47.3 Å². The molecular formula is C27H32N2O5S. The van der Waals surface area contributed by atoms with Crippen LogP contribution in [-0.4, -0.2) is 66.2 Å². The van der Waals surface area contributed by atoms with Crippen LogP contribution in [0.3, 0.4) is 0 Å². The smallest absolute Gasteiger partial charge is 0.407 e. The number of hydrogen-bond donors (Lipinski definition) is 2. The molecule has 2 atom stereocenters. The summed E-state index contributed by atoms with van der Waals surface area (Å²) in [7, 11) is 0. The zero-order valence-corrected chi connectivity index (χ0v) is 20.8. The predicted molar refractivity (Wildman–Crippen MR) is 137 cm³/mol. The van der Waals surface area contributed by atoms with Crippen molar-refractivity contribution >= 4 is 29.7 Å². The van der Waals surface area contributed by atoms with Crippen LogP contribution in [0, 0.1) is 11.8 Å². The van der Waals surface area contributed by atoms with E-state index in [-0.39, 0.29) is 36.8 Å². The lowest BCUT2D eigenvalue weighted by Gasteiger charge is -2.27. The number of alkyl carbamates (subject to hydrolysis) is 1. The van der Waals surface area contributed by atoms with Crippen LogP contribution < -0.4 is 5.32 Å². The Kier molecular flexibility index (Phi) is 8.33. The van der Waals surface area contributed by atoms with E-state index in [0.29, 0.717) is 25.3 Å². The summed E-state index contributed by atoms with van der Waals surface area (Å²) in [4.78, 5) is 38.3. The number of fused-ring (bicyclic) bond motifs is 3. The van der Waals surface area contributed by atoms with Gasteiger partial charge in [-0.15, -0.1) is 0 Å². The van der Waals surface area contributed by atoms with Crippen LogP contribution in [0.2, 0.25) is 0 Å². The van der Waals surface area contributed by atoms with Gasteiger partial charge in [0.15, 0.2) is 0 Å². The lowest BCUT2D eigenvalue weighted by atomic mass is 9.94. The van der Waals surface area contributed by atoms with E-state index in [0.717, 1.165) is 24.0 Å².